The highest BCUT2D eigenvalue weighted by molar-refractivity contribution is 6.01. The summed E-state index contributed by atoms with van der Waals surface area (Å²) in [7, 11) is 0. The van der Waals surface area contributed by atoms with E-state index in [1.165, 1.54) is 12.1 Å². The first-order chi connectivity index (χ1) is 13.5. The molecule has 0 heterocycles. The van der Waals surface area contributed by atoms with Gasteiger partial charge in [-0.05, 0) is 35.9 Å². The van der Waals surface area contributed by atoms with Crippen molar-refractivity contribution in [3.63, 3.8) is 0 Å². The van der Waals surface area contributed by atoms with Gasteiger partial charge in [-0.2, -0.15) is 13.2 Å². The third-order valence-corrected chi connectivity index (χ3v) is 4.19. The molecule has 1 N–H and O–H groups in total. The van der Waals surface area contributed by atoms with E-state index in [1.54, 1.807) is 11.0 Å². The number of alkyl halides is 3. The summed E-state index contributed by atoms with van der Waals surface area (Å²) < 4.78 is 39.3. The minimum Gasteiger partial charge on any atom is -0.304 e. The smallest absolute Gasteiger partial charge is 0.304 e. The summed E-state index contributed by atoms with van der Waals surface area (Å²) in [6.45, 7) is -0.158. The van der Waals surface area contributed by atoms with Gasteiger partial charge in [0.2, 0.25) is 5.91 Å². The Labute approximate surface area is 161 Å². The van der Waals surface area contributed by atoms with Crippen LogP contribution in [0.4, 0.5) is 24.5 Å². The molecule has 0 unspecified atom stereocenters. The predicted octanol–water partition coefficient (Wildman–Crippen LogP) is 5.16. The molecule has 0 saturated carbocycles. The fraction of sp³-hybridized carbons (Fsp3) is 0.136. The number of amides is 1. The maximum Gasteiger partial charge on any atom is 0.416 e. The normalized spacial score (nSPS) is 11.2. The lowest BCUT2D eigenvalue weighted by Crippen LogP contribution is -2.35. The number of hydrogen-bond acceptors (Lipinski definition) is 2. The van der Waals surface area contributed by atoms with Crippen LogP contribution in [0.5, 0.6) is 0 Å². The van der Waals surface area contributed by atoms with Crippen LogP contribution in [0.3, 0.4) is 0 Å². The summed E-state index contributed by atoms with van der Waals surface area (Å²) >= 11 is 0. The molecule has 0 spiro atoms. The molecule has 6 heteroatoms. The van der Waals surface area contributed by atoms with Crippen LogP contribution in [0.25, 0.3) is 0 Å². The van der Waals surface area contributed by atoms with E-state index < -0.39 is 11.7 Å². The highest BCUT2D eigenvalue weighted by Crippen LogP contribution is 2.31. The third-order valence-electron chi connectivity index (χ3n) is 4.19. The SMILES string of the molecule is O=C(CNCc1ccccc1C(F)(F)F)N(c1ccccc1)c1ccccc1. The first-order valence-electron chi connectivity index (χ1n) is 8.75. The molecular formula is C22H19F3N2O. The number of halogens is 3. The lowest BCUT2D eigenvalue weighted by molar-refractivity contribution is -0.138. The monoisotopic (exact) mass is 384 g/mol. The van der Waals surface area contributed by atoms with Gasteiger partial charge in [0.1, 0.15) is 0 Å². The second kappa shape index (κ2) is 8.71. The van der Waals surface area contributed by atoms with E-state index in [0.717, 1.165) is 6.07 Å². The van der Waals surface area contributed by atoms with Gasteiger partial charge in [0.05, 0.1) is 12.1 Å². The van der Waals surface area contributed by atoms with E-state index in [4.69, 9.17) is 0 Å². The molecule has 3 rings (SSSR count). The molecule has 28 heavy (non-hydrogen) atoms. The molecule has 0 fully saturated rings. The number of para-hydroxylation sites is 2. The minimum atomic E-state index is -4.43. The van der Waals surface area contributed by atoms with Crippen molar-refractivity contribution in [2.24, 2.45) is 0 Å². The van der Waals surface area contributed by atoms with E-state index in [9.17, 15) is 18.0 Å². The van der Waals surface area contributed by atoms with Crippen LogP contribution in [-0.2, 0) is 17.5 Å². The second-order valence-corrected chi connectivity index (χ2v) is 6.16. The topological polar surface area (TPSA) is 32.3 Å². The number of carbonyl (C=O) groups is 1. The summed E-state index contributed by atoms with van der Waals surface area (Å²) in [6.07, 6.45) is -4.43. The molecule has 0 aliphatic carbocycles. The first-order valence-corrected chi connectivity index (χ1v) is 8.75. The Morgan fingerprint density at radius 2 is 1.29 bits per heavy atom. The van der Waals surface area contributed by atoms with Crippen molar-refractivity contribution >= 4 is 17.3 Å². The van der Waals surface area contributed by atoms with Crippen molar-refractivity contribution in [1.82, 2.24) is 5.32 Å². The molecular weight excluding hydrogens is 365 g/mol. The summed E-state index contributed by atoms with van der Waals surface area (Å²) in [6, 6.07) is 23.6. The largest absolute Gasteiger partial charge is 0.416 e. The van der Waals surface area contributed by atoms with Crippen molar-refractivity contribution in [3.05, 3.63) is 96.1 Å². The van der Waals surface area contributed by atoms with E-state index in [-0.39, 0.29) is 24.6 Å². The number of nitrogens with zero attached hydrogens (tertiary/aromatic N) is 1. The van der Waals surface area contributed by atoms with E-state index >= 15 is 0 Å². The van der Waals surface area contributed by atoms with E-state index in [0.29, 0.717) is 11.4 Å². The highest BCUT2D eigenvalue weighted by atomic mass is 19.4. The van der Waals surface area contributed by atoms with Crippen LogP contribution >= 0.6 is 0 Å². The number of carbonyl (C=O) groups excluding carboxylic acids is 1. The van der Waals surface area contributed by atoms with Gasteiger partial charge in [-0.3, -0.25) is 9.69 Å². The fourth-order valence-electron chi connectivity index (χ4n) is 2.93. The van der Waals surface area contributed by atoms with Gasteiger partial charge >= 0.3 is 6.18 Å². The van der Waals surface area contributed by atoms with Gasteiger partial charge in [0.25, 0.3) is 0 Å². The highest BCUT2D eigenvalue weighted by Gasteiger charge is 2.32. The predicted molar refractivity (Wildman–Crippen MR) is 103 cm³/mol. The maximum atomic E-state index is 13.1. The van der Waals surface area contributed by atoms with Crippen LogP contribution in [0, 0.1) is 0 Å². The minimum absolute atomic E-state index is 0.0567. The van der Waals surface area contributed by atoms with E-state index in [2.05, 4.69) is 5.32 Å². The number of nitrogens with one attached hydrogen (secondary N) is 1. The quantitative estimate of drug-likeness (QED) is 0.637. The zero-order valence-electron chi connectivity index (χ0n) is 15.0. The molecule has 3 aromatic carbocycles. The molecule has 0 aliphatic heterocycles. The van der Waals surface area contributed by atoms with Gasteiger partial charge < -0.3 is 5.32 Å². The molecule has 0 radical (unpaired) electrons. The molecule has 0 atom stereocenters. The molecule has 0 aromatic heterocycles. The Balaban J connectivity index is 1.74. The van der Waals surface area contributed by atoms with Gasteiger partial charge in [-0.15, -0.1) is 0 Å². The molecule has 0 saturated heterocycles. The Bertz CT molecular complexity index is 872. The zero-order chi connectivity index (χ0) is 20.0. The number of rotatable bonds is 6. The summed E-state index contributed by atoms with van der Waals surface area (Å²) in [5.41, 5.74) is 0.791. The average molecular weight is 384 g/mol. The van der Waals surface area contributed by atoms with Crippen LogP contribution in [0.15, 0.2) is 84.9 Å². The van der Waals surface area contributed by atoms with Gasteiger partial charge in [0, 0.05) is 17.9 Å². The van der Waals surface area contributed by atoms with Crippen LogP contribution in [0.1, 0.15) is 11.1 Å². The van der Waals surface area contributed by atoms with E-state index in [1.807, 2.05) is 60.7 Å². The summed E-state index contributed by atoms with van der Waals surface area (Å²) in [5, 5.41) is 2.84. The Hall–Kier alpha value is -3.12. The van der Waals surface area contributed by atoms with Crippen molar-refractivity contribution in [2.75, 3.05) is 11.4 Å². The van der Waals surface area contributed by atoms with Crippen molar-refractivity contribution in [1.29, 1.82) is 0 Å². The number of anilines is 2. The molecule has 0 bridgehead atoms. The fourth-order valence-corrected chi connectivity index (χ4v) is 2.93. The lowest BCUT2D eigenvalue weighted by atomic mass is 10.1. The van der Waals surface area contributed by atoms with Crippen LogP contribution < -0.4 is 10.2 Å². The molecule has 144 valence electrons. The van der Waals surface area contributed by atoms with Crippen molar-refractivity contribution in [2.45, 2.75) is 12.7 Å². The first kappa shape index (κ1) is 19.6. The van der Waals surface area contributed by atoms with Gasteiger partial charge in [-0.25, -0.2) is 0 Å². The molecule has 3 aromatic rings. The number of hydrogen-bond donors (Lipinski definition) is 1. The molecule has 1 amide bonds. The molecule has 0 aliphatic rings. The second-order valence-electron chi connectivity index (χ2n) is 6.16. The number of benzene rings is 3. The lowest BCUT2D eigenvalue weighted by Gasteiger charge is -2.23. The Kier molecular flexibility index (Phi) is 6.11. The van der Waals surface area contributed by atoms with Crippen molar-refractivity contribution in [3.8, 4) is 0 Å². The van der Waals surface area contributed by atoms with Crippen LogP contribution in [-0.4, -0.2) is 12.5 Å². The van der Waals surface area contributed by atoms with Gasteiger partial charge in [0.15, 0.2) is 0 Å². The van der Waals surface area contributed by atoms with Crippen molar-refractivity contribution < 1.29 is 18.0 Å². The summed E-state index contributed by atoms with van der Waals surface area (Å²) in [5.74, 6) is -0.262. The third kappa shape index (κ3) is 4.78. The average Bonchev–Trinajstić information content (AvgIpc) is 2.69. The standard InChI is InChI=1S/C22H19F3N2O/c23-22(24,25)20-14-8-7-9-17(20)15-26-16-21(28)27(18-10-3-1-4-11-18)19-12-5-2-6-13-19/h1-14,26H,15-16H2. The van der Waals surface area contributed by atoms with Crippen LogP contribution in [0.2, 0.25) is 0 Å². The summed E-state index contributed by atoms with van der Waals surface area (Å²) in [4.78, 5) is 14.4. The maximum absolute atomic E-state index is 13.1. The zero-order valence-corrected chi connectivity index (χ0v) is 15.0. The van der Waals surface area contributed by atoms with Gasteiger partial charge in [-0.1, -0.05) is 54.6 Å². The Morgan fingerprint density at radius 1 is 0.786 bits per heavy atom. The molecule has 3 nitrogen and oxygen atoms in total. The Morgan fingerprint density at radius 3 is 1.82 bits per heavy atom.